The molecule has 2 heterocycles. The largest absolute Gasteiger partial charge is 0.339 e. The smallest absolute Gasteiger partial charge is 0.253 e. The van der Waals surface area contributed by atoms with E-state index in [9.17, 15) is 4.79 Å². The van der Waals surface area contributed by atoms with Gasteiger partial charge in [-0.3, -0.25) is 14.8 Å². The van der Waals surface area contributed by atoms with E-state index in [-0.39, 0.29) is 13.3 Å². The van der Waals surface area contributed by atoms with Crippen molar-refractivity contribution in [1.29, 1.82) is 0 Å². The fourth-order valence-corrected chi connectivity index (χ4v) is 2.38. The molecule has 4 heteroatoms. The normalized spacial score (nSPS) is 15.1. The first-order valence-electron chi connectivity index (χ1n) is 6.35. The maximum Gasteiger partial charge on any atom is 0.253 e. The molecule has 0 bridgehead atoms. The van der Waals surface area contributed by atoms with Crippen LogP contribution in [-0.4, -0.2) is 33.9 Å². The molecule has 0 spiro atoms. The molecule has 19 heavy (non-hydrogen) atoms. The number of aromatic nitrogens is 2. The molecule has 100 valence electrons. The van der Waals surface area contributed by atoms with Gasteiger partial charge in [-0.15, -0.1) is 0 Å². The summed E-state index contributed by atoms with van der Waals surface area (Å²) in [5.41, 5.74) is 2.32. The zero-order chi connectivity index (χ0) is 12.4. The molecule has 0 unspecified atom stereocenters. The summed E-state index contributed by atoms with van der Waals surface area (Å²) in [5.74, 6) is 0.113. The van der Waals surface area contributed by atoms with E-state index in [0.717, 1.165) is 37.0 Å². The van der Waals surface area contributed by atoms with Gasteiger partial charge >= 0.3 is 0 Å². The van der Waals surface area contributed by atoms with E-state index in [1.54, 1.807) is 12.4 Å². The number of nitrogens with zero attached hydrogens (tertiary/aromatic N) is 3. The minimum absolute atomic E-state index is 0. The van der Waals surface area contributed by atoms with Crippen molar-refractivity contribution in [1.82, 2.24) is 14.9 Å². The molecule has 2 aromatic rings. The molecule has 1 saturated heterocycles. The van der Waals surface area contributed by atoms with Crippen LogP contribution in [0.1, 0.15) is 37.0 Å². The van der Waals surface area contributed by atoms with Gasteiger partial charge in [-0.2, -0.15) is 0 Å². The van der Waals surface area contributed by atoms with Gasteiger partial charge in [-0.25, -0.2) is 0 Å². The van der Waals surface area contributed by atoms with Crippen LogP contribution in [0.4, 0.5) is 0 Å². The minimum Gasteiger partial charge on any atom is -0.339 e. The van der Waals surface area contributed by atoms with E-state index in [1.165, 1.54) is 6.42 Å². The van der Waals surface area contributed by atoms with Crippen molar-refractivity contribution in [3.63, 3.8) is 0 Å². The van der Waals surface area contributed by atoms with Gasteiger partial charge in [0.15, 0.2) is 0 Å². The number of piperidine rings is 1. The molecular formula is C15H19N3O. The Labute approximate surface area is 113 Å². The number of amides is 1. The van der Waals surface area contributed by atoms with Gasteiger partial charge < -0.3 is 4.90 Å². The topological polar surface area (TPSA) is 46.1 Å². The Hall–Kier alpha value is -1.97. The molecule has 1 fully saturated rings. The summed E-state index contributed by atoms with van der Waals surface area (Å²) in [5, 5.41) is 0. The van der Waals surface area contributed by atoms with Crippen LogP contribution in [0.2, 0.25) is 0 Å². The second kappa shape index (κ2) is 5.78. The van der Waals surface area contributed by atoms with Crippen molar-refractivity contribution in [2.75, 3.05) is 13.1 Å². The first kappa shape index (κ1) is 13.5. The quantitative estimate of drug-likeness (QED) is 0.789. The molecule has 1 aromatic heterocycles. The minimum atomic E-state index is 0. The summed E-state index contributed by atoms with van der Waals surface area (Å²) in [6.07, 6.45) is 6.76. The Bertz CT molecular complexity index is 576. The number of hydrogen-bond donors (Lipinski definition) is 0. The van der Waals surface area contributed by atoms with Crippen molar-refractivity contribution in [3.05, 3.63) is 36.2 Å². The summed E-state index contributed by atoms with van der Waals surface area (Å²) in [6.45, 7) is 1.74. The lowest BCUT2D eigenvalue weighted by Gasteiger charge is -2.26. The van der Waals surface area contributed by atoms with E-state index in [0.29, 0.717) is 5.56 Å². The third-order valence-corrected chi connectivity index (χ3v) is 3.36. The van der Waals surface area contributed by atoms with Crippen LogP contribution in [0.5, 0.6) is 0 Å². The van der Waals surface area contributed by atoms with Crippen molar-refractivity contribution in [2.24, 2.45) is 0 Å². The molecule has 0 radical (unpaired) electrons. The summed E-state index contributed by atoms with van der Waals surface area (Å²) < 4.78 is 0. The molecular weight excluding hydrogens is 238 g/mol. The third-order valence-electron chi connectivity index (χ3n) is 3.36. The lowest BCUT2D eigenvalue weighted by Crippen LogP contribution is -2.35. The van der Waals surface area contributed by atoms with E-state index in [2.05, 4.69) is 9.97 Å². The lowest BCUT2D eigenvalue weighted by molar-refractivity contribution is 0.0724. The Morgan fingerprint density at radius 3 is 2.42 bits per heavy atom. The van der Waals surface area contributed by atoms with E-state index < -0.39 is 0 Å². The molecule has 3 rings (SSSR count). The number of likely N-dealkylation sites (tertiary alicyclic amines) is 1. The second-order valence-corrected chi connectivity index (χ2v) is 4.61. The average molecular weight is 257 g/mol. The molecule has 1 amide bonds. The van der Waals surface area contributed by atoms with Crippen LogP contribution in [0.3, 0.4) is 0 Å². The summed E-state index contributed by atoms with van der Waals surface area (Å²) >= 11 is 0. The predicted molar refractivity (Wildman–Crippen MR) is 76.0 cm³/mol. The number of carbonyl (C=O) groups is 1. The first-order chi connectivity index (χ1) is 8.84. The number of benzene rings is 1. The number of rotatable bonds is 1. The van der Waals surface area contributed by atoms with Crippen LogP contribution in [0.15, 0.2) is 30.6 Å². The Kier molecular flexibility index (Phi) is 4.10. The van der Waals surface area contributed by atoms with Crippen LogP contribution in [0, 0.1) is 0 Å². The van der Waals surface area contributed by atoms with Crippen LogP contribution in [-0.2, 0) is 0 Å². The van der Waals surface area contributed by atoms with Gasteiger partial charge in [0.1, 0.15) is 0 Å². The highest BCUT2D eigenvalue weighted by Gasteiger charge is 2.18. The monoisotopic (exact) mass is 257 g/mol. The Morgan fingerprint density at radius 2 is 1.68 bits per heavy atom. The number of fused-ring (bicyclic) bond motifs is 1. The fraction of sp³-hybridized carbons (Fsp3) is 0.400. The van der Waals surface area contributed by atoms with E-state index >= 15 is 0 Å². The maximum atomic E-state index is 12.3. The molecule has 0 saturated carbocycles. The molecule has 1 aliphatic heterocycles. The van der Waals surface area contributed by atoms with Gasteiger partial charge in [0.2, 0.25) is 0 Å². The van der Waals surface area contributed by atoms with Crippen molar-refractivity contribution in [2.45, 2.75) is 26.7 Å². The second-order valence-electron chi connectivity index (χ2n) is 4.61. The van der Waals surface area contributed by atoms with Gasteiger partial charge in [-0.05, 0) is 37.5 Å². The van der Waals surface area contributed by atoms with E-state index in [1.807, 2.05) is 23.1 Å². The molecule has 0 N–H and O–H groups in total. The third kappa shape index (κ3) is 2.72. The standard InChI is InChI=1S/C14H15N3O.CH4/c18-14(17-8-2-1-3-9-17)11-4-5-12-13(10-11)16-7-6-15-12;/h4-7,10H,1-3,8-9H2;1H4. The van der Waals surface area contributed by atoms with Crippen LogP contribution in [0.25, 0.3) is 11.0 Å². The zero-order valence-corrected chi connectivity index (χ0v) is 10.2. The van der Waals surface area contributed by atoms with Gasteiger partial charge in [0.05, 0.1) is 11.0 Å². The number of hydrogen-bond acceptors (Lipinski definition) is 3. The molecule has 1 aromatic carbocycles. The molecule has 0 atom stereocenters. The van der Waals surface area contributed by atoms with Crippen LogP contribution < -0.4 is 0 Å². The summed E-state index contributed by atoms with van der Waals surface area (Å²) in [7, 11) is 0. The van der Waals surface area contributed by atoms with Gasteiger partial charge in [0, 0.05) is 31.0 Å². The van der Waals surface area contributed by atoms with E-state index in [4.69, 9.17) is 0 Å². The fourth-order valence-electron chi connectivity index (χ4n) is 2.38. The van der Waals surface area contributed by atoms with Crippen molar-refractivity contribution < 1.29 is 4.79 Å². The maximum absolute atomic E-state index is 12.3. The Balaban J connectivity index is 0.00000133. The molecule has 0 aliphatic carbocycles. The highest BCUT2D eigenvalue weighted by Crippen LogP contribution is 2.16. The van der Waals surface area contributed by atoms with Gasteiger partial charge in [-0.1, -0.05) is 7.43 Å². The zero-order valence-electron chi connectivity index (χ0n) is 10.2. The Morgan fingerprint density at radius 1 is 1.00 bits per heavy atom. The molecule has 4 nitrogen and oxygen atoms in total. The average Bonchev–Trinajstić information content (AvgIpc) is 2.47. The SMILES string of the molecule is C.O=C(c1ccc2nccnc2c1)N1CCCCC1. The highest BCUT2D eigenvalue weighted by molar-refractivity contribution is 5.97. The highest BCUT2D eigenvalue weighted by atomic mass is 16.2. The summed E-state index contributed by atoms with van der Waals surface area (Å²) in [6, 6.07) is 5.53. The van der Waals surface area contributed by atoms with Crippen LogP contribution >= 0.6 is 0 Å². The summed E-state index contributed by atoms with van der Waals surface area (Å²) in [4.78, 5) is 22.7. The van der Waals surface area contributed by atoms with Crippen molar-refractivity contribution >= 4 is 16.9 Å². The first-order valence-corrected chi connectivity index (χ1v) is 6.35. The predicted octanol–water partition coefficient (Wildman–Crippen LogP) is 2.89. The van der Waals surface area contributed by atoms with Crippen molar-refractivity contribution in [3.8, 4) is 0 Å². The lowest BCUT2D eigenvalue weighted by atomic mass is 10.1. The number of carbonyl (C=O) groups excluding carboxylic acids is 1. The van der Waals surface area contributed by atoms with Gasteiger partial charge in [0.25, 0.3) is 5.91 Å². The molecule has 1 aliphatic rings.